The average molecular weight is 397 g/mol. The smallest absolute Gasteiger partial charge is 0.319 e. The summed E-state index contributed by atoms with van der Waals surface area (Å²) < 4.78 is 13.0. The Morgan fingerprint density at radius 2 is 1.76 bits per heavy atom. The van der Waals surface area contributed by atoms with E-state index >= 15 is 0 Å². The van der Waals surface area contributed by atoms with Crippen molar-refractivity contribution in [3.05, 3.63) is 65.5 Å². The van der Waals surface area contributed by atoms with Crippen LogP contribution in [0.5, 0.6) is 0 Å². The average Bonchev–Trinajstić information content (AvgIpc) is 3.01. The molecule has 154 valence electrons. The van der Waals surface area contributed by atoms with Gasteiger partial charge in [0.05, 0.1) is 0 Å². The maximum absolute atomic E-state index is 13.0. The lowest BCUT2D eigenvalue weighted by Gasteiger charge is -2.19. The number of benzene rings is 2. The highest BCUT2D eigenvalue weighted by molar-refractivity contribution is 5.89. The number of rotatable bonds is 5. The number of nitrogens with one attached hydrogen (secondary N) is 2. The van der Waals surface area contributed by atoms with Crippen molar-refractivity contribution >= 4 is 17.6 Å². The van der Waals surface area contributed by atoms with Gasteiger partial charge in [-0.25, -0.2) is 9.18 Å². The van der Waals surface area contributed by atoms with Crippen molar-refractivity contribution in [2.75, 3.05) is 18.4 Å². The zero-order chi connectivity index (χ0) is 21.0. The van der Waals surface area contributed by atoms with Crippen molar-refractivity contribution in [3.8, 4) is 0 Å². The summed E-state index contributed by atoms with van der Waals surface area (Å²) in [5.74, 6) is -0.168. The SMILES string of the molecule is CC(C)(C)c1ccc(NC(=O)NCC2CC(=O)N(Cc3ccc(F)cc3)C2)cc1. The summed E-state index contributed by atoms with van der Waals surface area (Å²) in [6.07, 6.45) is 0.405. The van der Waals surface area contributed by atoms with Crippen LogP contribution >= 0.6 is 0 Å². The van der Waals surface area contributed by atoms with Gasteiger partial charge in [0.15, 0.2) is 0 Å². The second-order valence-electron chi connectivity index (χ2n) is 8.63. The molecule has 2 aromatic carbocycles. The number of hydrogen-bond acceptors (Lipinski definition) is 2. The number of hydrogen-bond donors (Lipinski definition) is 2. The van der Waals surface area contributed by atoms with Gasteiger partial charge in [-0.1, -0.05) is 45.0 Å². The molecule has 5 nitrogen and oxygen atoms in total. The van der Waals surface area contributed by atoms with E-state index in [0.29, 0.717) is 26.1 Å². The third kappa shape index (κ3) is 5.79. The van der Waals surface area contributed by atoms with E-state index in [1.807, 2.05) is 24.3 Å². The van der Waals surface area contributed by atoms with Crippen LogP contribution in [0.3, 0.4) is 0 Å². The van der Waals surface area contributed by atoms with Crippen LogP contribution in [-0.2, 0) is 16.8 Å². The van der Waals surface area contributed by atoms with Gasteiger partial charge in [0, 0.05) is 37.7 Å². The van der Waals surface area contributed by atoms with Gasteiger partial charge in [-0.3, -0.25) is 4.79 Å². The number of anilines is 1. The first kappa shape index (κ1) is 20.8. The van der Waals surface area contributed by atoms with Crippen LogP contribution in [-0.4, -0.2) is 29.9 Å². The van der Waals surface area contributed by atoms with Crippen LogP contribution in [0.25, 0.3) is 0 Å². The molecule has 3 rings (SSSR count). The van der Waals surface area contributed by atoms with Crippen LogP contribution in [0.15, 0.2) is 48.5 Å². The molecule has 6 heteroatoms. The molecule has 1 atom stereocenters. The van der Waals surface area contributed by atoms with E-state index in [9.17, 15) is 14.0 Å². The van der Waals surface area contributed by atoms with Crippen LogP contribution < -0.4 is 10.6 Å². The number of carbonyl (C=O) groups is 2. The van der Waals surface area contributed by atoms with Crippen molar-refractivity contribution in [1.82, 2.24) is 10.2 Å². The molecule has 0 bridgehead atoms. The van der Waals surface area contributed by atoms with E-state index in [0.717, 1.165) is 11.3 Å². The van der Waals surface area contributed by atoms with Gasteiger partial charge in [-0.05, 0) is 40.8 Å². The van der Waals surface area contributed by atoms with Gasteiger partial charge in [0.25, 0.3) is 0 Å². The highest BCUT2D eigenvalue weighted by Crippen LogP contribution is 2.23. The number of likely N-dealkylation sites (tertiary alicyclic amines) is 1. The number of halogens is 1. The zero-order valence-electron chi connectivity index (χ0n) is 17.2. The third-order valence-corrected chi connectivity index (χ3v) is 5.14. The monoisotopic (exact) mass is 397 g/mol. The molecule has 29 heavy (non-hydrogen) atoms. The van der Waals surface area contributed by atoms with E-state index in [1.165, 1.54) is 17.7 Å². The number of amides is 3. The molecule has 1 aliphatic rings. The molecule has 2 aromatic rings. The molecular formula is C23H28FN3O2. The first-order valence-electron chi connectivity index (χ1n) is 9.88. The van der Waals surface area contributed by atoms with Gasteiger partial charge in [-0.2, -0.15) is 0 Å². The summed E-state index contributed by atoms with van der Waals surface area (Å²) in [5.41, 5.74) is 2.89. The van der Waals surface area contributed by atoms with E-state index in [1.54, 1.807) is 17.0 Å². The lowest BCUT2D eigenvalue weighted by molar-refractivity contribution is -0.128. The Kier molecular flexibility index (Phi) is 6.20. The molecule has 1 unspecified atom stereocenters. The van der Waals surface area contributed by atoms with Gasteiger partial charge >= 0.3 is 6.03 Å². The Balaban J connectivity index is 1.45. The molecule has 2 N–H and O–H groups in total. The summed E-state index contributed by atoms with van der Waals surface area (Å²) in [4.78, 5) is 26.2. The Labute approximate surface area is 171 Å². The molecule has 1 fully saturated rings. The number of carbonyl (C=O) groups excluding carboxylic acids is 2. The molecule has 0 spiro atoms. The van der Waals surface area contributed by atoms with E-state index < -0.39 is 0 Å². The van der Waals surface area contributed by atoms with Gasteiger partial charge in [-0.15, -0.1) is 0 Å². The van der Waals surface area contributed by atoms with Crippen LogP contribution in [0, 0.1) is 11.7 Å². The second kappa shape index (κ2) is 8.64. The lowest BCUT2D eigenvalue weighted by Crippen LogP contribution is -2.34. The summed E-state index contributed by atoms with van der Waals surface area (Å²) >= 11 is 0. The van der Waals surface area contributed by atoms with Gasteiger partial charge in [0.1, 0.15) is 5.82 Å². The minimum atomic E-state index is -0.289. The maximum atomic E-state index is 13.0. The highest BCUT2D eigenvalue weighted by Gasteiger charge is 2.29. The molecule has 0 aromatic heterocycles. The van der Waals surface area contributed by atoms with Crippen LogP contribution in [0.4, 0.5) is 14.9 Å². The molecule has 0 aliphatic carbocycles. The molecule has 3 amide bonds. The Morgan fingerprint density at radius 3 is 2.38 bits per heavy atom. The summed E-state index contributed by atoms with van der Waals surface area (Å²) in [6, 6.07) is 13.7. The van der Waals surface area contributed by atoms with E-state index in [2.05, 4.69) is 31.4 Å². The summed E-state index contributed by atoms with van der Waals surface area (Å²) in [5, 5.41) is 5.68. The molecule has 1 saturated heterocycles. The van der Waals surface area contributed by atoms with Crippen molar-refractivity contribution in [2.24, 2.45) is 5.92 Å². The first-order chi connectivity index (χ1) is 13.7. The number of nitrogens with zero attached hydrogens (tertiary/aromatic N) is 1. The topological polar surface area (TPSA) is 61.4 Å². The molecule has 1 aliphatic heterocycles. The molecular weight excluding hydrogens is 369 g/mol. The lowest BCUT2D eigenvalue weighted by atomic mass is 9.87. The predicted octanol–water partition coefficient (Wildman–Crippen LogP) is 4.29. The molecule has 0 saturated carbocycles. The zero-order valence-corrected chi connectivity index (χ0v) is 17.2. The summed E-state index contributed by atoms with van der Waals surface area (Å²) in [6.45, 7) is 7.90. The minimum absolute atomic E-state index is 0.0549. The van der Waals surface area contributed by atoms with Gasteiger partial charge < -0.3 is 15.5 Å². The van der Waals surface area contributed by atoms with Crippen molar-refractivity contribution in [1.29, 1.82) is 0 Å². The standard InChI is InChI=1S/C23H28FN3O2/c1-23(2,3)18-6-10-20(11-7-18)26-22(29)25-13-17-12-21(28)27(15-17)14-16-4-8-19(24)9-5-16/h4-11,17H,12-15H2,1-3H3,(H2,25,26,29). The minimum Gasteiger partial charge on any atom is -0.338 e. The normalized spacial score (nSPS) is 16.8. The Hall–Kier alpha value is -2.89. The maximum Gasteiger partial charge on any atom is 0.319 e. The van der Waals surface area contributed by atoms with Crippen molar-refractivity contribution in [3.63, 3.8) is 0 Å². The number of urea groups is 1. The quantitative estimate of drug-likeness (QED) is 0.790. The second-order valence-corrected chi connectivity index (χ2v) is 8.63. The fourth-order valence-corrected chi connectivity index (χ4v) is 3.42. The predicted molar refractivity (Wildman–Crippen MR) is 112 cm³/mol. The van der Waals surface area contributed by atoms with Gasteiger partial charge in [0.2, 0.25) is 5.91 Å². The Bertz CT molecular complexity index is 857. The fourth-order valence-electron chi connectivity index (χ4n) is 3.42. The largest absolute Gasteiger partial charge is 0.338 e. The highest BCUT2D eigenvalue weighted by atomic mass is 19.1. The van der Waals surface area contributed by atoms with E-state index in [4.69, 9.17) is 0 Å². The van der Waals surface area contributed by atoms with Crippen LogP contribution in [0.1, 0.15) is 38.3 Å². The van der Waals surface area contributed by atoms with Crippen molar-refractivity contribution in [2.45, 2.75) is 39.2 Å². The fraction of sp³-hybridized carbons (Fsp3) is 0.391. The molecule has 1 heterocycles. The van der Waals surface area contributed by atoms with Crippen molar-refractivity contribution < 1.29 is 14.0 Å². The Morgan fingerprint density at radius 1 is 1.10 bits per heavy atom. The summed E-state index contributed by atoms with van der Waals surface area (Å²) in [7, 11) is 0. The van der Waals surface area contributed by atoms with E-state index in [-0.39, 0.29) is 29.1 Å². The molecule has 0 radical (unpaired) electrons. The third-order valence-electron chi connectivity index (χ3n) is 5.14. The first-order valence-corrected chi connectivity index (χ1v) is 9.88. The van der Waals surface area contributed by atoms with Crippen LogP contribution in [0.2, 0.25) is 0 Å².